The highest BCUT2D eigenvalue weighted by Crippen LogP contribution is 2.13. The molecule has 0 fully saturated rings. The van der Waals surface area contributed by atoms with E-state index >= 15 is 0 Å². The van der Waals surface area contributed by atoms with Crippen LogP contribution in [0.25, 0.3) is 0 Å². The van der Waals surface area contributed by atoms with E-state index in [0.29, 0.717) is 6.67 Å². The summed E-state index contributed by atoms with van der Waals surface area (Å²) in [6, 6.07) is 7.62. The zero-order valence-electron chi connectivity index (χ0n) is 6.50. The van der Waals surface area contributed by atoms with Crippen molar-refractivity contribution < 1.29 is 4.74 Å². The van der Waals surface area contributed by atoms with Crippen LogP contribution >= 0.6 is 0 Å². The van der Waals surface area contributed by atoms with E-state index in [4.69, 9.17) is 10.5 Å². The van der Waals surface area contributed by atoms with E-state index < -0.39 is 0 Å². The molecule has 0 spiro atoms. The smallest absolute Gasteiger partial charge is 0.119 e. The number of anilines is 1. The third kappa shape index (κ3) is 2.13. The zero-order valence-corrected chi connectivity index (χ0v) is 6.50. The second-order valence-corrected chi connectivity index (χ2v) is 2.11. The number of nitrogens with two attached hydrogens (primary N) is 1. The van der Waals surface area contributed by atoms with Crippen LogP contribution in [0, 0.1) is 0 Å². The topological polar surface area (TPSA) is 47.3 Å². The molecule has 0 amide bonds. The highest BCUT2D eigenvalue weighted by atomic mass is 16.5. The summed E-state index contributed by atoms with van der Waals surface area (Å²) in [4.78, 5) is 0. The van der Waals surface area contributed by atoms with Gasteiger partial charge in [-0.2, -0.15) is 0 Å². The number of nitrogens with one attached hydrogen (secondary N) is 1. The molecule has 0 unspecified atom stereocenters. The third-order valence-corrected chi connectivity index (χ3v) is 1.40. The fourth-order valence-corrected chi connectivity index (χ4v) is 0.827. The molecule has 0 aliphatic heterocycles. The number of methoxy groups -OCH3 is 1. The molecule has 1 aromatic rings. The summed E-state index contributed by atoms with van der Waals surface area (Å²) >= 11 is 0. The van der Waals surface area contributed by atoms with Crippen molar-refractivity contribution in [2.75, 3.05) is 19.1 Å². The summed E-state index contributed by atoms with van der Waals surface area (Å²) in [5.41, 5.74) is 6.30. The number of hydrogen-bond donors (Lipinski definition) is 2. The Labute approximate surface area is 66.2 Å². The van der Waals surface area contributed by atoms with Gasteiger partial charge in [0, 0.05) is 5.69 Å². The fourth-order valence-electron chi connectivity index (χ4n) is 0.827. The van der Waals surface area contributed by atoms with Crippen molar-refractivity contribution in [1.29, 1.82) is 0 Å². The van der Waals surface area contributed by atoms with Gasteiger partial charge in [-0.05, 0) is 24.3 Å². The van der Waals surface area contributed by atoms with E-state index in [1.807, 2.05) is 24.3 Å². The van der Waals surface area contributed by atoms with Gasteiger partial charge in [0.15, 0.2) is 0 Å². The van der Waals surface area contributed by atoms with Gasteiger partial charge in [0.1, 0.15) is 5.75 Å². The van der Waals surface area contributed by atoms with Gasteiger partial charge in [0.2, 0.25) is 0 Å². The van der Waals surface area contributed by atoms with Gasteiger partial charge < -0.3 is 15.8 Å². The van der Waals surface area contributed by atoms with E-state index in [1.54, 1.807) is 7.11 Å². The average Bonchev–Trinajstić information content (AvgIpc) is 2.07. The second-order valence-electron chi connectivity index (χ2n) is 2.11. The van der Waals surface area contributed by atoms with Crippen LogP contribution < -0.4 is 15.8 Å². The highest BCUT2D eigenvalue weighted by Gasteiger charge is 1.90. The molecule has 0 aliphatic rings. The van der Waals surface area contributed by atoms with Crippen molar-refractivity contribution in [2.24, 2.45) is 5.73 Å². The Balaban J connectivity index is 2.66. The Hall–Kier alpha value is -1.22. The monoisotopic (exact) mass is 152 g/mol. The fraction of sp³-hybridized carbons (Fsp3) is 0.250. The lowest BCUT2D eigenvalue weighted by Crippen LogP contribution is -2.10. The van der Waals surface area contributed by atoms with Crippen LogP contribution in [0.1, 0.15) is 0 Å². The minimum atomic E-state index is 0.451. The summed E-state index contributed by atoms with van der Waals surface area (Å²) in [6.45, 7) is 0.451. The van der Waals surface area contributed by atoms with Gasteiger partial charge in [-0.3, -0.25) is 0 Å². The second kappa shape index (κ2) is 3.83. The molecule has 0 atom stereocenters. The Morgan fingerprint density at radius 1 is 1.36 bits per heavy atom. The lowest BCUT2D eigenvalue weighted by Gasteiger charge is -2.03. The van der Waals surface area contributed by atoms with E-state index in [1.165, 1.54) is 0 Å². The van der Waals surface area contributed by atoms with Crippen LogP contribution in [0.4, 0.5) is 5.69 Å². The molecule has 3 N–H and O–H groups in total. The standard InChI is InChI=1S/C8H12N2O/c1-11-8-4-2-7(3-5-8)10-6-9/h2-5,10H,6,9H2,1H3. The summed E-state index contributed by atoms with van der Waals surface area (Å²) in [6.07, 6.45) is 0. The molecule has 0 saturated carbocycles. The van der Waals surface area contributed by atoms with E-state index in [9.17, 15) is 0 Å². The first kappa shape index (κ1) is 7.88. The van der Waals surface area contributed by atoms with Crippen molar-refractivity contribution in [2.45, 2.75) is 0 Å². The molecule has 1 rings (SSSR count). The molecule has 0 saturated heterocycles. The van der Waals surface area contributed by atoms with Crippen molar-refractivity contribution in [3.63, 3.8) is 0 Å². The van der Waals surface area contributed by atoms with Gasteiger partial charge in [-0.25, -0.2) is 0 Å². The lowest BCUT2D eigenvalue weighted by atomic mass is 10.3. The summed E-state index contributed by atoms with van der Waals surface area (Å²) < 4.78 is 4.99. The van der Waals surface area contributed by atoms with Crippen LogP contribution in [0.15, 0.2) is 24.3 Å². The Morgan fingerprint density at radius 2 is 2.00 bits per heavy atom. The first-order valence-corrected chi connectivity index (χ1v) is 3.45. The Kier molecular flexibility index (Phi) is 2.74. The molecule has 0 aromatic heterocycles. The molecule has 3 nitrogen and oxygen atoms in total. The van der Waals surface area contributed by atoms with Gasteiger partial charge in [0.25, 0.3) is 0 Å². The van der Waals surface area contributed by atoms with Gasteiger partial charge in [-0.15, -0.1) is 0 Å². The maximum absolute atomic E-state index is 5.29. The van der Waals surface area contributed by atoms with Crippen LogP contribution in [-0.4, -0.2) is 13.8 Å². The molecule has 0 bridgehead atoms. The average molecular weight is 152 g/mol. The van der Waals surface area contributed by atoms with E-state index in [-0.39, 0.29) is 0 Å². The van der Waals surface area contributed by atoms with Crippen LogP contribution in [0.3, 0.4) is 0 Å². The van der Waals surface area contributed by atoms with Crippen molar-refractivity contribution in [3.8, 4) is 5.75 Å². The predicted molar refractivity (Wildman–Crippen MR) is 45.7 cm³/mol. The van der Waals surface area contributed by atoms with Crippen LogP contribution in [0.2, 0.25) is 0 Å². The summed E-state index contributed by atoms with van der Waals surface area (Å²) in [7, 11) is 1.64. The van der Waals surface area contributed by atoms with Gasteiger partial charge in [-0.1, -0.05) is 0 Å². The molecule has 60 valence electrons. The normalized spacial score (nSPS) is 9.27. The first-order valence-electron chi connectivity index (χ1n) is 3.45. The SMILES string of the molecule is COc1ccc(NCN)cc1. The maximum atomic E-state index is 5.29. The Morgan fingerprint density at radius 3 is 2.45 bits per heavy atom. The number of benzene rings is 1. The Bertz CT molecular complexity index is 208. The molecular weight excluding hydrogens is 140 g/mol. The zero-order chi connectivity index (χ0) is 8.10. The van der Waals surface area contributed by atoms with Gasteiger partial charge in [0.05, 0.1) is 13.8 Å². The largest absolute Gasteiger partial charge is 0.497 e. The third-order valence-electron chi connectivity index (χ3n) is 1.40. The van der Waals surface area contributed by atoms with Crippen molar-refractivity contribution in [3.05, 3.63) is 24.3 Å². The maximum Gasteiger partial charge on any atom is 0.119 e. The molecule has 0 heterocycles. The minimum Gasteiger partial charge on any atom is -0.497 e. The van der Waals surface area contributed by atoms with E-state index in [0.717, 1.165) is 11.4 Å². The quantitative estimate of drug-likeness (QED) is 0.636. The number of hydrogen-bond acceptors (Lipinski definition) is 3. The number of rotatable bonds is 3. The van der Waals surface area contributed by atoms with Crippen LogP contribution in [-0.2, 0) is 0 Å². The highest BCUT2D eigenvalue weighted by molar-refractivity contribution is 5.45. The molecular formula is C8H12N2O. The lowest BCUT2D eigenvalue weighted by molar-refractivity contribution is 0.415. The van der Waals surface area contributed by atoms with Crippen molar-refractivity contribution >= 4 is 5.69 Å². The van der Waals surface area contributed by atoms with Crippen LogP contribution in [0.5, 0.6) is 5.75 Å². The van der Waals surface area contributed by atoms with E-state index in [2.05, 4.69) is 5.32 Å². The number of ether oxygens (including phenoxy) is 1. The summed E-state index contributed by atoms with van der Waals surface area (Å²) in [5, 5.41) is 2.98. The molecule has 1 aromatic carbocycles. The molecule has 0 radical (unpaired) electrons. The molecule has 3 heteroatoms. The van der Waals surface area contributed by atoms with Gasteiger partial charge >= 0.3 is 0 Å². The molecule has 0 aliphatic carbocycles. The molecule has 11 heavy (non-hydrogen) atoms. The summed E-state index contributed by atoms with van der Waals surface area (Å²) in [5.74, 6) is 0.854. The van der Waals surface area contributed by atoms with Crippen molar-refractivity contribution in [1.82, 2.24) is 0 Å². The first-order chi connectivity index (χ1) is 5.36. The minimum absolute atomic E-state index is 0.451. The predicted octanol–water partition coefficient (Wildman–Crippen LogP) is 1.02.